The van der Waals surface area contributed by atoms with E-state index in [0.29, 0.717) is 24.0 Å². The highest BCUT2D eigenvalue weighted by Crippen LogP contribution is 2.35. The van der Waals surface area contributed by atoms with Crippen LogP contribution in [0.4, 0.5) is 9.39 Å². The molecular weight excluding hydrogens is 499 g/mol. The lowest BCUT2D eigenvalue weighted by molar-refractivity contribution is -0.122. The highest BCUT2D eigenvalue weighted by atomic mass is 32.1. The third-order valence-corrected chi connectivity index (χ3v) is 6.95. The maximum absolute atomic E-state index is 13.3. The molecule has 0 saturated heterocycles. The highest BCUT2D eigenvalue weighted by molar-refractivity contribution is 7.18. The van der Waals surface area contributed by atoms with Crippen molar-refractivity contribution in [2.45, 2.75) is 52.5 Å². The van der Waals surface area contributed by atoms with Crippen LogP contribution in [0, 0.1) is 18.7 Å². The number of nitrogens with two attached hydrogens (primary N) is 1. The summed E-state index contributed by atoms with van der Waals surface area (Å²) in [6, 6.07) is 5.02. The fourth-order valence-electron chi connectivity index (χ4n) is 3.82. The molecule has 2 aromatic rings. The van der Waals surface area contributed by atoms with Gasteiger partial charge in [0.25, 0.3) is 5.91 Å². The number of carbonyl (C=O) groups excluding carboxylic acids is 4. The zero-order chi connectivity index (χ0) is 27.7. The first-order valence-electron chi connectivity index (χ1n) is 12.1. The molecule has 1 heterocycles. The van der Waals surface area contributed by atoms with Crippen LogP contribution in [0.2, 0.25) is 0 Å². The van der Waals surface area contributed by atoms with Crippen LogP contribution in [-0.2, 0) is 14.3 Å². The molecule has 0 saturated carbocycles. The Morgan fingerprint density at radius 1 is 1.05 bits per heavy atom. The van der Waals surface area contributed by atoms with Gasteiger partial charge in [-0.3, -0.25) is 14.4 Å². The van der Waals surface area contributed by atoms with Gasteiger partial charge in [0.1, 0.15) is 10.8 Å². The average Bonchev–Trinajstić information content (AvgIpc) is 3.17. The Morgan fingerprint density at radius 3 is 2.24 bits per heavy atom. The SMILES string of the molecule is CCC(C(=O)Nc1sc(C(=O)NCCNC(=O)[C@@H](N)CC(C)C)c(C)c1C(=O)OC)c1ccc(F)cc1. The van der Waals surface area contributed by atoms with Crippen LogP contribution < -0.4 is 21.7 Å². The average molecular weight is 535 g/mol. The molecule has 5 N–H and O–H groups in total. The number of hydrogen-bond donors (Lipinski definition) is 4. The van der Waals surface area contributed by atoms with Crippen molar-refractivity contribution in [3.8, 4) is 0 Å². The van der Waals surface area contributed by atoms with E-state index in [0.717, 1.165) is 11.3 Å². The summed E-state index contributed by atoms with van der Waals surface area (Å²) in [5.41, 5.74) is 6.94. The minimum Gasteiger partial charge on any atom is -0.465 e. The summed E-state index contributed by atoms with van der Waals surface area (Å²) < 4.78 is 18.2. The lowest BCUT2D eigenvalue weighted by Crippen LogP contribution is -2.44. The van der Waals surface area contributed by atoms with Crippen LogP contribution in [0.15, 0.2) is 24.3 Å². The van der Waals surface area contributed by atoms with E-state index in [1.165, 1.54) is 31.4 Å². The molecule has 0 aliphatic heterocycles. The van der Waals surface area contributed by atoms with Crippen molar-refractivity contribution in [1.29, 1.82) is 0 Å². The molecule has 0 aliphatic rings. The molecule has 0 fully saturated rings. The van der Waals surface area contributed by atoms with Crippen LogP contribution in [-0.4, -0.2) is 49.9 Å². The summed E-state index contributed by atoms with van der Waals surface area (Å²) in [7, 11) is 1.21. The number of amides is 3. The second kappa shape index (κ2) is 13.8. The van der Waals surface area contributed by atoms with E-state index in [1.54, 1.807) is 6.92 Å². The zero-order valence-corrected chi connectivity index (χ0v) is 22.6. The van der Waals surface area contributed by atoms with E-state index in [9.17, 15) is 23.6 Å². The number of nitrogens with one attached hydrogen (secondary N) is 3. The second-order valence-corrected chi connectivity index (χ2v) is 10.1. The van der Waals surface area contributed by atoms with Crippen LogP contribution in [0.3, 0.4) is 0 Å². The molecule has 2 atom stereocenters. The molecule has 0 aliphatic carbocycles. The first kappa shape index (κ1) is 29.9. The Balaban J connectivity index is 2.13. The Morgan fingerprint density at radius 2 is 1.68 bits per heavy atom. The van der Waals surface area contributed by atoms with Crippen molar-refractivity contribution in [2.75, 3.05) is 25.5 Å². The first-order valence-corrected chi connectivity index (χ1v) is 12.9. The van der Waals surface area contributed by atoms with E-state index < -0.39 is 35.6 Å². The minimum atomic E-state index is -0.690. The molecule has 3 amide bonds. The fourth-order valence-corrected chi connectivity index (χ4v) is 4.93. The summed E-state index contributed by atoms with van der Waals surface area (Å²) in [4.78, 5) is 50.7. The third kappa shape index (κ3) is 8.09. The van der Waals surface area contributed by atoms with Gasteiger partial charge in [-0.25, -0.2) is 9.18 Å². The van der Waals surface area contributed by atoms with Gasteiger partial charge >= 0.3 is 5.97 Å². The number of methoxy groups -OCH3 is 1. The van der Waals surface area contributed by atoms with Gasteiger partial charge < -0.3 is 26.4 Å². The van der Waals surface area contributed by atoms with E-state index in [4.69, 9.17) is 10.5 Å². The van der Waals surface area contributed by atoms with E-state index in [1.807, 2.05) is 20.8 Å². The standard InChI is InChI=1S/C26H35FN4O5S/c1-6-18(16-7-9-17(27)10-8-16)22(32)31-25-20(26(35)36-5)15(4)21(37-25)24(34)30-12-11-29-23(33)19(28)13-14(2)3/h7-10,14,18-19H,6,11-13,28H2,1-5H3,(H,29,33)(H,30,34)(H,31,32)/t18?,19-/m0/s1. The van der Waals surface area contributed by atoms with Gasteiger partial charge in [0.2, 0.25) is 11.8 Å². The van der Waals surface area contributed by atoms with Crippen molar-refractivity contribution in [2.24, 2.45) is 11.7 Å². The lowest BCUT2D eigenvalue weighted by atomic mass is 9.95. The Labute approximate surface area is 220 Å². The van der Waals surface area contributed by atoms with Gasteiger partial charge in [-0.2, -0.15) is 0 Å². The Kier molecular flexibility index (Phi) is 11.2. The number of rotatable bonds is 12. The number of ether oxygens (including phenoxy) is 1. The summed E-state index contributed by atoms with van der Waals surface area (Å²) in [5.74, 6) is -2.55. The minimum absolute atomic E-state index is 0.0907. The molecule has 0 bridgehead atoms. The number of hydrogen-bond acceptors (Lipinski definition) is 7. The van der Waals surface area contributed by atoms with Crippen LogP contribution in [0.5, 0.6) is 0 Å². The van der Waals surface area contributed by atoms with Gasteiger partial charge in [-0.15, -0.1) is 11.3 Å². The molecule has 1 aromatic carbocycles. The van der Waals surface area contributed by atoms with Crippen molar-refractivity contribution >= 4 is 40.0 Å². The Hall–Kier alpha value is -3.31. The van der Waals surface area contributed by atoms with Crippen LogP contribution >= 0.6 is 11.3 Å². The summed E-state index contributed by atoms with van der Waals surface area (Å²) in [5, 5.41) is 8.33. The quantitative estimate of drug-likeness (QED) is 0.243. The number of halogens is 1. The molecule has 1 aromatic heterocycles. The van der Waals surface area contributed by atoms with Gasteiger partial charge in [0.15, 0.2) is 0 Å². The van der Waals surface area contributed by atoms with Crippen molar-refractivity contribution in [3.63, 3.8) is 0 Å². The zero-order valence-electron chi connectivity index (χ0n) is 21.8. The predicted molar refractivity (Wildman–Crippen MR) is 141 cm³/mol. The summed E-state index contributed by atoms with van der Waals surface area (Å²) >= 11 is 0.956. The molecule has 0 spiro atoms. The van der Waals surface area contributed by atoms with E-state index in [2.05, 4.69) is 16.0 Å². The normalized spacial score (nSPS) is 12.5. The fraction of sp³-hybridized carbons (Fsp3) is 0.462. The largest absolute Gasteiger partial charge is 0.465 e. The molecule has 1 unspecified atom stereocenters. The predicted octanol–water partition coefficient (Wildman–Crippen LogP) is 3.33. The van der Waals surface area contributed by atoms with Crippen molar-refractivity contribution < 1.29 is 28.3 Å². The smallest absolute Gasteiger partial charge is 0.341 e. The second-order valence-electron chi connectivity index (χ2n) is 9.04. The number of thiophene rings is 1. The molecule has 202 valence electrons. The molecular formula is C26H35FN4O5S. The van der Waals surface area contributed by atoms with Crippen LogP contribution in [0.1, 0.15) is 70.7 Å². The number of anilines is 1. The number of esters is 1. The van der Waals surface area contributed by atoms with Gasteiger partial charge in [-0.05, 0) is 48.9 Å². The van der Waals surface area contributed by atoms with Gasteiger partial charge in [-0.1, -0.05) is 32.9 Å². The monoisotopic (exact) mass is 534 g/mol. The van der Waals surface area contributed by atoms with E-state index in [-0.39, 0.29) is 40.4 Å². The number of benzene rings is 1. The van der Waals surface area contributed by atoms with Crippen molar-refractivity contribution in [1.82, 2.24) is 10.6 Å². The maximum Gasteiger partial charge on any atom is 0.341 e. The summed E-state index contributed by atoms with van der Waals surface area (Å²) in [6.45, 7) is 7.69. The topological polar surface area (TPSA) is 140 Å². The molecule has 37 heavy (non-hydrogen) atoms. The third-order valence-electron chi connectivity index (χ3n) is 5.75. The lowest BCUT2D eigenvalue weighted by Gasteiger charge is -2.15. The van der Waals surface area contributed by atoms with Gasteiger partial charge in [0.05, 0.1) is 29.5 Å². The molecule has 9 nitrogen and oxygen atoms in total. The first-order chi connectivity index (χ1) is 17.5. The molecule has 2 rings (SSSR count). The van der Waals surface area contributed by atoms with Crippen LogP contribution in [0.25, 0.3) is 0 Å². The molecule has 0 radical (unpaired) electrons. The Bertz CT molecular complexity index is 1120. The highest BCUT2D eigenvalue weighted by Gasteiger charge is 2.28. The van der Waals surface area contributed by atoms with E-state index >= 15 is 0 Å². The summed E-state index contributed by atoms with van der Waals surface area (Å²) in [6.07, 6.45) is 0.993. The van der Waals surface area contributed by atoms with Crippen molar-refractivity contribution in [3.05, 3.63) is 51.7 Å². The van der Waals surface area contributed by atoms with Gasteiger partial charge in [0, 0.05) is 13.1 Å². The maximum atomic E-state index is 13.3. The number of carbonyl (C=O) groups is 4. The molecule has 11 heteroatoms.